The number of carbonyl (C=O) groups is 1. The highest BCUT2D eigenvalue weighted by atomic mass is 35.5. The van der Waals surface area contributed by atoms with Gasteiger partial charge < -0.3 is 16.0 Å². The maximum Gasteiger partial charge on any atom is 0.228 e. The first kappa shape index (κ1) is 13.8. The van der Waals surface area contributed by atoms with Crippen LogP contribution in [0.1, 0.15) is 6.92 Å². The number of hydrogen-bond donors (Lipinski definition) is 2. The molecule has 0 fully saturated rings. The minimum atomic E-state index is -0.219. The van der Waals surface area contributed by atoms with Crippen molar-refractivity contribution in [2.75, 3.05) is 30.9 Å². The zero-order chi connectivity index (χ0) is 13.0. The van der Waals surface area contributed by atoms with Crippen LogP contribution in [0.5, 0.6) is 0 Å². The molecule has 0 saturated heterocycles. The minimum Gasteiger partial charge on any atom is -0.375 e. The number of para-hydroxylation sites is 1. The number of nitrogens with two attached hydrogens (primary N) is 1. The molecule has 1 unspecified atom stereocenters. The fraction of sp³-hybridized carbons (Fsp3) is 0.417. The molecule has 4 nitrogen and oxygen atoms in total. The number of anilines is 2. The molecule has 0 saturated carbocycles. The van der Waals surface area contributed by atoms with Crippen molar-refractivity contribution in [3.05, 3.63) is 23.2 Å². The summed E-state index contributed by atoms with van der Waals surface area (Å²) in [4.78, 5) is 13.6. The van der Waals surface area contributed by atoms with Crippen LogP contribution < -0.4 is 16.0 Å². The molecule has 3 N–H and O–H groups in total. The quantitative estimate of drug-likeness (QED) is 0.865. The second-order valence-electron chi connectivity index (χ2n) is 4.16. The molecule has 0 heterocycles. The van der Waals surface area contributed by atoms with Gasteiger partial charge in [-0.05, 0) is 12.1 Å². The van der Waals surface area contributed by atoms with Crippen molar-refractivity contribution in [2.24, 2.45) is 11.7 Å². The molecule has 1 aromatic carbocycles. The summed E-state index contributed by atoms with van der Waals surface area (Å²) >= 11 is 6.10. The second-order valence-corrected chi connectivity index (χ2v) is 4.56. The summed E-state index contributed by atoms with van der Waals surface area (Å²) in [6.45, 7) is 2.11. The summed E-state index contributed by atoms with van der Waals surface area (Å²) < 4.78 is 0. The summed E-state index contributed by atoms with van der Waals surface area (Å²) in [5.41, 5.74) is 6.96. The maximum absolute atomic E-state index is 11.8. The third-order valence-corrected chi connectivity index (χ3v) is 2.80. The van der Waals surface area contributed by atoms with Gasteiger partial charge in [0, 0.05) is 26.6 Å². The van der Waals surface area contributed by atoms with Crippen LogP contribution in [0.15, 0.2) is 18.2 Å². The predicted molar refractivity (Wildman–Crippen MR) is 72.6 cm³/mol. The summed E-state index contributed by atoms with van der Waals surface area (Å²) in [5, 5.41) is 3.44. The van der Waals surface area contributed by atoms with Crippen LogP contribution in [0.2, 0.25) is 5.02 Å². The van der Waals surface area contributed by atoms with Gasteiger partial charge in [0.15, 0.2) is 0 Å². The highest BCUT2D eigenvalue weighted by Gasteiger charge is 2.15. The number of nitrogens with one attached hydrogen (secondary N) is 1. The standard InChI is InChI=1S/C12H18ClN3O/c1-8(7-14)12(17)15-10-6-4-5-9(13)11(10)16(2)3/h4-6,8H,7,14H2,1-3H3,(H,15,17). The van der Waals surface area contributed by atoms with E-state index in [0.717, 1.165) is 5.69 Å². The van der Waals surface area contributed by atoms with Crippen LogP contribution in [0.3, 0.4) is 0 Å². The zero-order valence-corrected chi connectivity index (χ0v) is 11.1. The largest absolute Gasteiger partial charge is 0.375 e. The molecule has 1 atom stereocenters. The SMILES string of the molecule is CC(CN)C(=O)Nc1cccc(Cl)c1N(C)C. The zero-order valence-electron chi connectivity index (χ0n) is 10.3. The van der Waals surface area contributed by atoms with E-state index >= 15 is 0 Å². The Kier molecular flexibility index (Phi) is 4.78. The van der Waals surface area contributed by atoms with E-state index in [1.54, 1.807) is 19.1 Å². The fourth-order valence-corrected chi connectivity index (χ4v) is 1.78. The molecule has 0 radical (unpaired) electrons. The molecule has 0 aliphatic heterocycles. The lowest BCUT2D eigenvalue weighted by atomic mass is 10.1. The molecular formula is C12H18ClN3O. The van der Waals surface area contributed by atoms with Crippen molar-refractivity contribution in [1.29, 1.82) is 0 Å². The van der Waals surface area contributed by atoms with Crippen molar-refractivity contribution in [3.8, 4) is 0 Å². The van der Waals surface area contributed by atoms with Crippen LogP contribution in [-0.4, -0.2) is 26.5 Å². The number of benzene rings is 1. The van der Waals surface area contributed by atoms with Gasteiger partial charge in [-0.2, -0.15) is 0 Å². The molecule has 0 aliphatic carbocycles. The predicted octanol–water partition coefficient (Wildman–Crippen LogP) is 1.94. The molecule has 0 bridgehead atoms. The number of amides is 1. The molecule has 94 valence electrons. The average Bonchev–Trinajstić information content (AvgIpc) is 2.27. The highest BCUT2D eigenvalue weighted by Crippen LogP contribution is 2.32. The molecule has 17 heavy (non-hydrogen) atoms. The van der Waals surface area contributed by atoms with E-state index in [2.05, 4.69) is 5.32 Å². The molecule has 0 aromatic heterocycles. The van der Waals surface area contributed by atoms with Gasteiger partial charge >= 0.3 is 0 Å². The number of carbonyl (C=O) groups excluding carboxylic acids is 1. The monoisotopic (exact) mass is 255 g/mol. The first-order chi connectivity index (χ1) is 7.97. The van der Waals surface area contributed by atoms with Gasteiger partial charge in [-0.15, -0.1) is 0 Å². The van der Waals surface area contributed by atoms with Crippen LogP contribution in [0.4, 0.5) is 11.4 Å². The smallest absolute Gasteiger partial charge is 0.228 e. The first-order valence-corrected chi connectivity index (χ1v) is 5.82. The fourth-order valence-electron chi connectivity index (χ4n) is 1.43. The van der Waals surface area contributed by atoms with Gasteiger partial charge in [-0.1, -0.05) is 24.6 Å². The number of halogens is 1. The Labute approximate surface area is 107 Å². The van der Waals surface area contributed by atoms with Crippen LogP contribution >= 0.6 is 11.6 Å². The Morgan fingerprint density at radius 1 is 1.53 bits per heavy atom. The molecular weight excluding hydrogens is 238 g/mol. The Morgan fingerprint density at radius 2 is 2.18 bits per heavy atom. The van der Waals surface area contributed by atoms with Gasteiger partial charge in [-0.3, -0.25) is 4.79 Å². The minimum absolute atomic E-state index is 0.0992. The van der Waals surface area contributed by atoms with Crippen molar-refractivity contribution < 1.29 is 4.79 Å². The van der Waals surface area contributed by atoms with E-state index in [1.165, 1.54) is 0 Å². The van der Waals surface area contributed by atoms with Gasteiger partial charge in [0.05, 0.1) is 16.4 Å². The van der Waals surface area contributed by atoms with E-state index in [4.69, 9.17) is 17.3 Å². The van der Waals surface area contributed by atoms with E-state index in [-0.39, 0.29) is 11.8 Å². The molecule has 5 heteroatoms. The Bertz CT molecular complexity index is 407. The van der Waals surface area contributed by atoms with E-state index < -0.39 is 0 Å². The van der Waals surface area contributed by atoms with Crippen molar-refractivity contribution >= 4 is 28.9 Å². The van der Waals surface area contributed by atoms with Crippen LogP contribution in [-0.2, 0) is 4.79 Å². The van der Waals surface area contributed by atoms with Gasteiger partial charge in [0.2, 0.25) is 5.91 Å². The van der Waals surface area contributed by atoms with E-state index in [9.17, 15) is 4.79 Å². The van der Waals surface area contributed by atoms with Gasteiger partial charge in [0.25, 0.3) is 0 Å². The lowest BCUT2D eigenvalue weighted by Gasteiger charge is -2.20. The lowest BCUT2D eigenvalue weighted by molar-refractivity contribution is -0.119. The van der Waals surface area contributed by atoms with Crippen molar-refractivity contribution in [1.82, 2.24) is 0 Å². The van der Waals surface area contributed by atoms with E-state index in [0.29, 0.717) is 17.3 Å². The maximum atomic E-state index is 11.8. The third kappa shape index (κ3) is 3.35. The average molecular weight is 256 g/mol. The molecule has 0 spiro atoms. The highest BCUT2D eigenvalue weighted by molar-refractivity contribution is 6.34. The summed E-state index contributed by atoms with van der Waals surface area (Å²) in [6.07, 6.45) is 0. The van der Waals surface area contributed by atoms with E-state index in [1.807, 2.05) is 25.1 Å². The number of rotatable bonds is 4. The van der Waals surface area contributed by atoms with Crippen molar-refractivity contribution in [2.45, 2.75) is 6.92 Å². The molecule has 1 aromatic rings. The molecule has 1 rings (SSSR count). The normalized spacial score (nSPS) is 12.1. The number of nitrogens with zero attached hydrogens (tertiary/aromatic N) is 1. The first-order valence-electron chi connectivity index (χ1n) is 5.44. The summed E-state index contributed by atoms with van der Waals surface area (Å²) in [6, 6.07) is 5.42. The Morgan fingerprint density at radius 3 is 2.71 bits per heavy atom. The van der Waals surface area contributed by atoms with Gasteiger partial charge in [0.1, 0.15) is 0 Å². The third-order valence-electron chi connectivity index (χ3n) is 2.49. The second kappa shape index (κ2) is 5.89. The lowest BCUT2D eigenvalue weighted by Crippen LogP contribution is -2.27. The van der Waals surface area contributed by atoms with Crippen LogP contribution in [0, 0.1) is 5.92 Å². The topological polar surface area (TPSA) is 58.4 Å². The molecule has 1 amide bonds. The summed E-state index contributed by atoms with van der Waals surface area (Å²) in [7, 11) is 3.76. The molecule has 0 aliphatic rings. The number of hydrogen-bond acceptors (Lipinski definition) is 3. The Balaban J connectivity index is 2.99. The summed E-state index contributed by atoms with van der Waals surface area (Å²) in [5.74, 6) is -0.318. The Hall–Kier alpha value is -1.26. The van der Waals surface area contributed by atoms with Gasteiger partial charge in [-0.25, -0.2) is 0 Å². The van der Waals surface area contributed by atoms with Crippen LogP contribution in [0.25, 0.3) is 0 Å². The van der Waals surface area contributed by atoms with Crippen molar-refractivity contribution in [3.63, 3.8) is 0 Å².